The molecule has 1 aliphatic heterocycles. The number of β-amino-alcohol motifs (C(OH)–C–C–N with tert-alkyl or cyclic N) is 1. The Morgan fingerprint density at radius 2 is 2.04 bits per heavy atom. The maximum absolute atomic E-state index is 12.0. The number of aliphatic hydroxyl groups is 1. The monoisotopic (exact) mass is 366 g/mol. The van der Waals surface area contributed by atoms with Crippen molar-refractivity contribution in [3.63, 3.8) is 0 Å². The van der Waals surface area contributed by atoms with Crippen molar-refractivity contribution >= 4 is 20.0 Å². The first-order valence-electron chi connectivity index (χ1n) is 8.66. The predicted molar refractivity (Wildman–Crippen MR) is 99.9 cm³/mol. The predicted octanol–water partition coefficient (Wildman–Crippen LogP) is 1.79. The van der Waals surface area contributed by atoms with Crippen LogP contribution in [0.4, 0.5) is 5.82 Å². The van der Waals surface area contributed by atoms with Gasteiger partial charge in [0.1, 0.15) is 6.10 Å². The minimum absolute atomic E-state index is 0.182. The third-order valence-corrected chi connectivity index (χ3v) is 9.49. The lowest BCUT2D eigenvalue weighted by atomic mass is 10.1. The van der Waals surface area contributed by atoms with E-state index < -0.39 is 20.3 Å². The van der Waals surface area contributed by atoms with Crippen LogP contribution in [0, 0.1) is 6.92 Å². The van der Waals surface area contributed by atoms with Crippen LogP contribution in [0.15, 0.2) is 12.4 Å². The highest BCUT2D eigenvalue weighted by atomic mass is 28.4. The topological polar surface area (TPSA) is 87.6 Å². The van der Waals surface area contributed by atoms with Gasteiger partial charge in [0.05, 0.1) is 24.2 Å². The minimum Gasteiger partial charge on any atom is -0.411 e. The molecule has 2 N–H and O–H groups in total. The number of aromatic nitrogens is 2. The van der Waals surface area contributed by atoms with E-state index >= 15 is 0 Å². The Hall–Kier alpha value is -1.35. The molecule has 0 radical (unpaired) electrons. The van der Waals surface area contributed by atoms with E-state index in [-0.39, 0.29) is 11.1 Å². The van der Waals surface area contributed by atoms with Crippen molar-refractivity contribution in [2.45, 2.75) is 58.0 Å². The Labute approximate surface area is 150 Å². The fourth-order valence-electron chi connectivity index (χ4n) is 2.33. The van der Waals surface area contributed by atoms with Crippen LogP contribution in [-0.4, -0.2) is 66.0 Å². The third kappa shape index (κ3) is 5.31. The summed E-state index contributed by atoms with van der Waals surface area (Å²) in [5.41, 5.74) is 0.770. The van der Waals surface area contributed by atoms with E-state index in [1.165, 1.54) is 6.20 Å². The van der Waals surface area contributed by atoms with E-state index in [4.69, 9.17) is 4.43 Å². The van der Waals surface area contributed by atoms with Gasteiger partial charge >= 0.3 is 0 Å². The average molecular weight is 367 g/mol. The third-order valence-electron chi connectivity index (χ3n) is 4.96. The van der Waals surface area contributed by atoms with Gasteiger partial charge in [-0.1, -0.05) is 20.8 Å². The smallest absolute Gasteiger partial charge is 0.255 e. The van der Waals surface area contributed by atoms with Crippen LogP contribution in [0.2, 0.25) is 18.1 Å². The molecule has 8 heteroatoms. The molecule has 0 spiro atoms. The first-order valence-corrected chi connectivity index (χ1v) is 11.6. The lowest BCUT2D eigenvalue weighted by molar-refractivity contribution is -0.126. The summed E-state index contributed by atoms with van der Waals surface area (Å²) in [5.74, 6) is -0.121. The van der Waals surface area contributed by atoms with Gasteiger partial charge in [-0.15, -0.1) is 0 Å². The molecule has 1 aromatic heterocycles. The van der Waals surface area contributed by atoms with Crippen molar-refractivity contribution in [3.8, 4) is 0 Å². The molecule has 0 aliphatic carbocycles. The van der Waals surface area contributed by atoms with Gasteiger partial charge in [-0.2, -0.15) is 0 Å². The normalized spacial score (nSPS) is 17.9. The fourth-order valence-corrected chi connectivity index (χ4v) is 3.67. The van der Waals surface area contributed by atoms with Gasteiger partial charge in [-0.25, -0.2) is 4.98 Å². The van der Waals surface area contributed by atoms with Gasteiger partial charge < -0.3 is 14.8 Å². The SMILES string of the molecule is Cc1cnc(NC(=O)C(O)CN2CC(O[Si](C)(C)C(C)(C)C)C2)cn1. The van der Waals surface area contributed by atoms with Gasteiger partial charge in [0.25, 0.3) is 5.91 Å². The van der Waals surface area contributed by atoms with Crippen molar-refractivity contribution in [1.29, 1.82) is 0 Å². The van der Waals surface area contributed by atoms with Gasteiger partial charge in [0, 0.05) is 19.6 Å². The number of hydrogen-bond acceptors (Lipinski definition) is 6. The van der Waals surface area contributed by atoms with Crippen molar-refractivity contribution in [3.05, 3.63) is 18.1 Å². The molecule has 1 atom stereocenters. The van der Waals surface area contributed by atoms with Gasteiger partial charge in [0.2, 0.25) is 0 Å². The zero-order chi connectivity index (χ0) is 18.8. The molecule has 1 unspecified atom stereocenters. The summed E-state index contributed by atoms with van der Waals surface area (Å²) < 4.78 is 6.31. The van der Waals surface area contributed by atoms with E-state index in [1.54, 1.807) is 6.20 Å². The van der Waals surface area contributed by atoms with Crippen LogP contribution in [0.1, 0.15) is 26.5 Å². The molecule has 1 aromatic rings. The number of nitrogens with zero attached hydrogens (tertiary/aromatic N) is 3. The van der Waals surface area contributed by atoms with Crippen LogP contribution in [0.3, 0.4) is 0 Å². The van der Waals surface area contributed by atoms with Crippen molar-refractivity contribution < 1.29 is 14.3 Å². The standard InChI is InChI=1S/C17H30N4O3Si/c1-12-7-19-15(8-18-12)20-16(23)14(22)11-21-9-13(10-21)24-25(5,6)17(2,3)4/h7-8,13-14,22H,9-11H2,1-6H3,(H,19,20,23). The summed E-state index contributed by atoms with van der Waals surface area (Å²) in [6.07, 6.45) is 2.14. The molecule has 1 amide bonds. The minimum atomic E-state index is -1.77. The van der Waals surface area contributed by atoms with Gasteiger partial charge in [-0.05, 0) is 25.1 Å². The molecular formula is C17H30N4O3Si. The van der Waals surface area contributed by atoms with E-state index in [0.29, 0.717) is 12.4 Å². The Morgan fingerprint density at radius 3 is 2.56 bits per heavy atom. The van der Waals surface area contributed by atoms with E-state index in [0.717, 1.165) is 18.8 Å². The maximum Gasteiger partial charge on any atom is 0.255 e. The first-order chi connectivity index (χ1) is 11.5. The Balaban J connectivity index is 1.75. The van der Waals surface area contributed by atoms with Crippen LogP contribution < -0.4 is 5.32 Å². The Bertz CT molecular complexity index is 595. The number of nitrogens with one attached hydrogen (secondary N) is 1. The number of carbonyl (C=O) groups is 1. The number of anilines is 1. The molecule has 2 heterocycles. The molecule has 0 aromatic carbocycles. The van der Waals surface area contributed by atoms with Crippen molar-refractivity contribution in [2.75, 3.05) is 25.0 Å². The number of carbonyl (C=O) groups excluding carboxylic acids is 1. The zero-order valence-electron chi connectivity index (χ0n) is 16.0. The van der Waals surface area contributed by atoms with Crippen LogP contribution >= 0.6 is 0 Å². The van der Waals surface area contributed by atoms with Crippen molar-refractivity contribution in [1.82, 2.24) is 14.9 Å². The largest absolute Gasteiger partial charge is 0.411 e. The molecule has 2 rings (SSSR count). The highest BCUT2D eigenvalue weighted by Gasteiger charge is 2.42. The summed E-state index contributed by atoms with van der Waals surface area (Å²) in [4.78, 5) is 22.2. The number of amides is 1. The van der Waals surface area contributed by atoms with Crippen LogP contribution in [0.5, 0.6) is 0 Å². The highest BCUT2D eigenvalue weighted by molar-refractivity contribution is 6.74. The average Bonchev–Trinajstić information content (AvgIpc) is 2.45. The van der Waals surface area contributed by atoms with Crippen molar-refractivity contribution in [2.24, 2.45) is 0 Å². The van der Waals surface area contributed by atoms with E-state index in [2.05, 4.69) is 49.1 Å². The second kappa shape index (κ2) is 7.49. The van der Waals surface area contributed by atoms with Gasteiger partial charge in [-0.3, -0.25) is 14.7 Å². The second-order valence-electron chi connectivity index (χ2n) is 8.27. The van der Waals surface area contributed by atoms with Crippen LogP contribution in [-0.2, 0) is 9.22 Å². The molecule has 25 heavy (non-hydrogen) atoms. The number of aryl methyl sites for hydroxylation is 1. The molecule has 1 saturated heterocycles. The second-order valence-corrected chi connectivity index (χ2v) is 13.0. The number of likely N-dealkylation sites (tertiary alicyclic amines) is 1. The molecule has 1 aliphatic rings. The summed E-state index contributed by atoms with van der Waals surface area (Å²) >= 11 is 0. The Kier molecular flexibility index (Phi) is 5.98. The highest BCUT2D eigenvalue weighted by Crippen LogP contribution is 2.38. The maximum atomic E-state index is 12.0. The lowest BCUT2D eigenvalue weighted by Crippen LogP contribution is -2.59. The molecular weight excluding hydrogens is 336 g/mol. The Morgan fingerprint density at radius 1 is 1.40 bits per heavy atom. The number of aliphatic hydroxyl groups excluding tert-OH is 1. The van der Waals surface area contributed by atoms with E-state index in [9.17, 15) is 9.90 Å². The number of rotatable bonds is 6. The number of hydrogen-bond donors (Lipinski definition) is 2. The summed E-state index contributed by atoms with van der Waals surface area (Å²) in [7, 11) is -1.77. The van der Waals surface area contributed by atoms with Gasteiger partial charge in [0.15, 0.2) is 14.1 Å². The summed E-state index contributed by atoms with van der Waals surface area (Å²) in [5, 5.41) is 12.8. The fraction of sp³-hybridized carbons (Fsp3) is 0.706. The van der Waals surface area contributed by atoms with E-state index in [1.807, 2.05) is 11.8 Å². The van der Waals surface area contributed by atoms with Crippen LogP contribution in [0.25, 0.3) is 0 Å². The molecule has 0 saturated carbocycles. The molecule has 0 bridgehead atoms. The molecule has 140 valence electrons. The quantitative estimate of drug-likeness (QED) is 0.747. The first kappa shape index (κ1) is 20.0. The molecule has 7 nitrogen and oxygen atoms in total. The molecule has 1 fully saturated rings. The lowest BCUT2D eigenvalue weighted by Gasteiger charge is -2.46. The summed E-state index contributed by atoms with van der Waals surface area (Å²) in [6, 6.07) is 0. The zero-order valence-corrected chi connectivity index (χ0v) is 17.0. The summed E-state index contributed by atoms with van der Waals surface area (Å²) in [6.45, 7) is 14.7.